The Balaban J connectivity index is 1.50. The van der Waals surface area contributed by atoms with Crippen molar-refractivity contribution in [3.8, 4) is 0 Å². The maximum absolute atomic E-state index is 10.8. The lowest BCUT2D eigenvalue weighted by Crippen LogP contribution is -2.49. The highest BCUT2D eigenvalue weighted by molar-refractivity contribution is 5.23. The quantitative estimate of drug-likeness (QED) is 0.881. The highest BCUT2D eigenvalue weighted by atomic mass is 16.3. The van der Waals surface area contributed by atoms with E-state index in [9.17, 15) is 5.11 Å². The van der Waals surface area contributed by atoms with Crippen molar-refractivity contribution in [3.63, 3.8) is 0 Å². The average molecular weight is 270 g/mol. The summed E-state index contributed by atoms with van der Waals surface area (Å²) >= 11 is 0. The van der Waals surface area contributed by atoms with E-state index in [2.05, 4.69) is 31.2 Å². The molecule has 0 heterocycles. The zero-order valence-corrected chi connectivity index (χ0v) is 12.5. The first kappa shape index (κ1) is 12.9. The van der Waals surface area contributed by atoms with Gasteiger partial charge in [0.2, 0.25) is 0 Å². The first-order valence-electron chi connectivity index (χ1n) is 8.42. The maximum Gasteiger partial charge on any atom is 0.0614 e. The average Bonchev–Trinajstić information content (AvgIpc) is 2.37. The van der Waals surface area contributed by atoms with Gasteiger partial charge in [-0.2, -0.15) is 0 Å². The molecule has 1 aromatic rings. The summed E-state index contributed by atoms with van der Waals surface area (Å²) in [6.45, 7) is 2.14. The topological polar surface area (TPSA) is 20.2 Å². The summed E-state index contributed by atoms with van der Waals surface area (Å²) < 4.78 is 0. The molecule has 4 aliphatic rings. The van der Waals surface area contributed by atoms with Gasteiger partial charge >= 0.3 is 0 Å². The fraction of sp³-hybridized carbons (Fsp3) is 0.684. The van der Waals surface area contributed by atoms with Crippen molar-refractivity contribution in [2.24, 2.45) is 29.6 Å². The van der Waals surface area contributed by atoms with Crippen LogP contribution >= 0.6 is 0 Å². The zero-order valence-electron chi connectivity index (χ0n) is 12.5. The lowest BCUT2D eigenvalue weighted by molar-refractivity contribution is -0.0887. The van der Waals surface area contributed by atoms with Crippen molar-refractivity contribution >= 4 is 0 Å². The van der Waals surface area contributed by atoms with E-state index in [1.54, 1.807) is 0 Å². The Bertz CT molecular complexity index is 464. The van der Waals surface area contributed by atoms with Crippen molar-refractivity contribution in [3.05, 3.63) is 35.4 Å². The Morgan fingerprint density at radius 2 is 1.70 bits per heavy atom. The molecule has 4 fully saturated rings. The summed E-state index contributed by atoms with van der Waals surface area (Å²) in [7, 11) is 0. The summed E-state index contributed by atoms with van der Waals surface area (Å²) in [5.41, 5.74) is 2.62. The second-order valence-electron chi connectivity index (χ2n) is 7.77. The van der Waals surface area contributed by atoms with E-state index in [4.69, 9.17) is 0 Å². The van der Waals surface area contributed by atoms with Crippen LogP contribution in [0.25, 0.3) is 0 Å². The first-order chi connectivity index (χ1) is 9.69. The van der Waals surface area contributed by atoms with Crippen LogP contribution < -0.4 is 0 Å². The van der Waals surface area contributed by atoms with Gasteiger partial charge in [-0.05, 0) is 80.6 Å². The number of rotatable bonds is 3. The highest BCUT2D eigenvalue weighted by Gasteiger charge is 2.50. The SMILES string of the molecule is Cc1cccc(CC(O)C2C3CC4CC(C3)CC2C4)c1. The summed E-state index contributed by atoms with van der Waals surface area (Å²) in [6, 6.07) is 8.67. The fourth-order valence-corrected chi connectivity index (χ4v) is 5.81. The zero-order chi connectivity index (χ0) is 13.7. The molecule has 4 saturated carbocycles. The highest BCUT2D eigenvalue weighted by Crippen LogP contribution is 2.57. The van der Waals surface area contributed by atoms with Gasteiger partial charge in [0.15, 0.2) is 0 Å². The number of aryl methyl sites for hydroxylation is 1. The monoisotopic (exact) mass is 270 g/mol. The van der Waals surface area contributed by atoms with Gasteiger partial charge in [-0.1, -0.05) is 29.8 Å². The fourth-order valence-electron chi connectivity index (χ4n) is 5.81. The molecule has 0 radical (unpaired) electrons. The molecule has 4 bridgehead atoms. The lowest BCUT2D eigenvalue weighted by Gasteiger charge is -2.55. The van der Waals surface area contributed by atoms with Crippen molar-refractivity contribution in [2.45, 2.75) is 51.6 Å². The molecule has 4 aliphatic carbocycles. The van der Waals surface area contributed by atoms with E-state index < -0.39 is 0 Å². The Kier molecular flexibility index (Phi) is 3.14. The van der Waals surface area contributed by atoms with Crippen LogP contribution in [0.3, 0.4) is 0 Å². The normalized spacial score (nSPS) is 40.0. The standard InChI is InChI=1S/C19H26O/c1-12-3-2-4-13(5-12)11-18(20)19-16-7-14-6-15(9-16)10-17(19)8-14/h2-5,14-20H,6-11H2,1H3. The maximum atomic E-state index is 10.8. The number of benzene rings is 1. The molecule has 1 aromatic carbocycles. The van der Waals surface area contributed by atoms with Gasteiger partial charge in [-0.3, -0.25) is 0 Å². The summed E-state index contributed by atoms with van der Waals surface area (Å²) in [4.78, 5) is 0. The van der Waals surface area contributed by atoms with Gasteiger partial charge < -0.3 is 5.11 Å². The molecule has 0 amide bonds. The molecule has 0 saturated heterocycles. The van der Waals surface area contributed by atoms with Crippen LogP contribution in [0.4, 0.5) is 0 Å². The number of hydrogen-bond acceptors (Lipinski definition) is 1. The van der Waals surface area contributed by atoms with Crippen LogP contribution in [0.15, 0.2) is 24.3 Å². The molecule has 20 heavy (non-hydrogen) atoms. The van der Waals surface area contributed by atoms with Crippen molar-refractivity contribution in [1.82, 2.24) is 0 Å². The minimum Gasteiger partial charge on any atom is -0.392 e. The minimum atomic E-state index is -0.119. The van der Waals surface area contributed by atoms with Gasteiger partial charge in [0, 0.05) is 0 Å². The molecule has 1 N–H and O–H groups in total. The predicted molar refractivity (Wildman–Crippen MR) is 81.4 cm³/mol. The molecule has 0 aliphatic heterocycles. The lowest BCUT2D eigenvalue weighted by atomic mass is 9.50. The van der Waals surface area contributed by atoms with E-state index in [1.165, 1.54) is 43.2 Å². The Morgan fingerprint density at radius 3 is 2.30 bits per heavy atom. The van der Waals surface area contributed by atoms with Gasteiger partial charge in [0.05, 0.1) is 6.10 Å². The van der Waals surface area contributed by atoms with Crippen molar-refractivity contribution in [1.29, 1.82) is 0 Å². The van der Waals surface area contributed by atoms with Crippen LogP contribution in [0.1, 0.15) is 43.2 Å². The predicted octanol–water partition coefficient (Wildman–Crippen LogP) is 3.97. The second-order valence-corrected chi connectivity index (χ2v) is 7.77. The molecule has 0 aromatic heterocycles. The van der Waals surface area contributed by atoms with E-state index in [-0.39, 0.29) is 6.10 Å². The third-order valence-corrected chi connectivity index (χ3v) is 6.27. The van der Waals surface area contributed by atoms with E-state index in [0.29, 0.717) is 5.92 Å². The minimum absolute atomic E-state index is 0.119. The van der Waals surface area contributed by atoms with Gasteiger partial charge in [0.1, 0.15) is 0 Å². The van der Waals surface area contributed by atoms with Crippen LogP contribution in [0, 0.1) is 36.5 Å². The van der Waals surface area contributed by atoms with E-state index in [0.717, 1.165) is 30.1 Å². The molecular formula is C19H26O. The molecule has 1 unspecified atom stereocenters. The molecule has 0 spiro atoms. The number of hydrogen-bond donors (Lipinski definition) is 1. The third kappa shape index (κ3) is 2.20. The van der Waals surface area contributed by atoms with Crippen molar-refractivity contribution < 1.29 is 5.11 Å². The first-order valence-corrected chi connectivity index (χ1v) is 8.42. The molecule has 108 valence electrons. The Morgan fingerprint density at radius 1 is 1.05 bits per heavy atom. The van der Waals surface area contributed by atoms with Gasteiger partial charge in [-0.15, -0.1) is 0 Å². The third-order valence-electron chi connectivity index (χ3n) is 6.27. The van der Waals surface area contributed by atoms with E-state index >= 15 is 0 Å². The Labute approximate surface area is 122 Å². The van der Waals surface area contributed by atoms with Crippen LogP contribution in [-0.2, 0) is 6.42 Å². The smallest absolute Gasteiger partial charge is 0.0614 e. The largest absolute Gasteiger partial charge is 0.392 e. The summed E-state index contributed by atoms with van der Waals surface area (Å²) in [5.74, 6) is 4.24. The molecule has 5 rings (SSSR count). The van der Waals surface area contributed by atoms with E-state index in [1.807, 2.05) is 0 Å². The summed E-state index contributed by atoms with van der Waals surface area (Å²) in [5, 5.41) is 10.8. The Hall–Kier alpha value is -0.820. The molecule has 1 heteroatoms. The molecule has 1 atom stereocenters. The van der Waals surface area contributed by atoms with Crippen molar-refractivity contribution in [2.75, 3.05) is 0 Å². The number of aliphatic hydroxyl groups excluding tert-OH is 1. The second kappa shape index (κ2) is 4.87. The van der Waals surface area contributed by atoms with Crippen LogP contribution in [0.5, 0.6) is 0 Å². The van der Waals surface area contributed by atoms with Gasteiger partial charge in [-0.25, -0.2) is 0 Å². The number of aliphatic hydroxyl groups is 1. The van der Waals surface area contributed by atoms with Crippen LogP contribution in [0.2, 0.25) is 0 Å². The summed E-state index contributed by atoms with van der Waals surface area (Å²) in [6.07, 6.45) is 7.85. The molecular weight excluding hydrogens is 244 g/mol. The molecule has 1 nitrogen and oxygen atoms in total. The van der Waals surface area contributed by atoms with Gasteiger partial charge in [0.25, 0.3) is 0 Å². The van der Waals surface area contributed by atoms with Crippen LogP contribution in [-0.4, -0.2) is 11.2 Å².